The molecule has 0 atom stereocenters. The number of hydrogen-bond donors (Lipinski definition) is 1. The number of likely N-dealkylation sites (tertiary alicyclic amines) is 1. The first-order valence-corrected chi connectivity index (χ1v) is 11.5. The van der Waals surface area contributed by atoms with Crippen LogP contribution in [0.15, 0.2) is 79.1 Å². The third kappa shape index (κ3) is 4.94. The summed E-state index contributed by atoms with van der Waals surface area (Å²) in [7, 11) is 0. The minimum atomic E-state index is -0.0316. The van der Waals surface area contributed by atoms with Gasteiger partial charge in [-0.05, 0) is 49.6 Å². The van der Waals surface area contributed by atoms with Crippen molar-refractivity contribution in [3.05, 3.63) is 95.8 Å². The van der Waals surface area contributed by atoms with Crippen molar-refractivity contribution >= 4 is 16.8 Å². The monoisotopic (exact) mass is 436 g/mol. The molecule has 0 radical (unpaired) electrons. The van der Waals surface area contributed by atoms with E-state index in [-0.39, 0.29) is 11.9 Å². The van der Waals surface area contributed by atoms with Gasteiger partial charge in [-0.1, -0.05) is 48.0 Å². The lowest BCUT2D eigenvalue weighted by atomic mass is 10.0. The van der Waals surface area contributed by atoms with E-state index >= 15 is 0 Å². The molecule has 0 saturated carbocycles. The molecule has 0 bridgehead atoms. The standard InChI is InChI=1S/C28H28N4O/c1-20-6-4-7-21(16-20)19-32-14-11-23(12-15-32)30-28(33)25-17-27(22-8-5-13-29-18-22)31-26-10-3-2-9-24(25)26/h2-10,13,16-18,23H,11-12,14-15,19H2,1H3,(H,30,33). The summed E-state index contributed by atoms with van der Waals surface area (Å²) in [5.41, 5.74) is 5.80. The fraction of sp³-hybridized carbons (Fsp3) is 0.250. The first-order valence-electron chi connectivity index (χ1n) is 11.5. The minimum absolute atomic E-state index is 0.0316. The van der Waals surface area contributed by atoms with Crippen LogP contribution in [0.2, 0.25) is 0 Å². The molecule has 0 spiro atoms. The van der Waals surface area contributed by atoms with Crippen LogP contribution in [0.25, 0.3) is 22.2 Å². The summed E-state index contributed by atoms with van der Waals surface area (Å²) in [4.78, 5) is 24.8. The van der Waals surface area contributed by atoms with E-state index in [1.54, 1.807) is 12.4 Å². The van der Waals surface area contributed by atoms with Crippen LogP contribution in [-0.2, 0) is 6.54 Å². The second kappa shape index (κ2) is 9.51. The molecule has 2 aromatic heterocycles. The molecule has 0 unspecified atom stereocenters. The summed E-state index contributed by atoms with van der Waals surface area (Å²) in [6.45, 7) is 5.06. The fourth-order valence-electron chi connectivity index (χ4n) is 4.59. The van der Waals surface area contributed by atoms with Gasteiger partial charge in [-0.15, -0.1) is 0 Å². The van der Waals surface area contributed by atoms with E-state index in [0.717, 1.165) is 54.6 Å². The molecular weight excluding hydrogens is 408 g/mol. The lowest BCUT2D eigenvalue weighted by Crippen LogP contribution is -2.44. The lowest BCUT2D eigenvalue weighted by Gasteiger charge is -2.32. The number of carbonyl (C=O) groups excluding carboxylic acids is 1. The van der Waals surface area contributed by atoms with E-state index in [0.29, 0.717) is 5.56 Å². The number of aromatic nitrogens is 2. The number of nitrogens with one attached hydrogen (secondary N) is 1. The van der Waals surface area contributed by atoms with Crippen molar-refractivity contribution in [1.82, 2.24) is 20.2 Å². The zero-order chi connectivity index (χ0) is 22.6. The van der Waals surface area contributed by atoms with Crippen molar-refractivity contribution in [2.24, 2.45) is 0 Å². The molecular formula is C28H28N4O. The Kier molecular flexibility index (Phi) is 6.13. The highest BCUT2D eigenvalue weighted by atomic mass is 16.1. The Labute approximate surface area is 194 Å². The van der Waals surface area contributed by atoms with E-state index < -0.39 is 0 Å². The van der Waals surface area contributed by atoms with Gasteiger partial charge < -0.3 is 5.32 Å². The zero-order valence-electron chi connectivity index (χ0n) is 18.9. The molecule has 1 N–H and O–H groups in total. The van der Waals surface area contributed by atoms with E-state index in [4.69, 9.17) is 4.98 Å². The molecule has 166 valence electrons. The number of amides is 1. The molecule has 2 aromatic carbocycles. The Morgan fingerprint density at radius 3 is 2.67 bits per heavy atom. The van der Waals surface area contributed by atoms with Gasteiger partial charge in [0.2, 0.25) is 0 Å². The van der Waals surface area contributed by atoms with E-state index in [2.05, 4.69) is 46.4 Å². The molecule has 5 heteroatoms. The van der Waals surface area contributed by atoms with Gasteiger partial charge in [0.05, 0.1) is 16.8 Å². The first kappa shape index (κ1) is 21.3. The third-order valence-electron chi connectivity index (χ3n) is 6.33. The number of hydrogen-bond acceptors (Lipinski definition) is 4. The normalized spacial score (nSPS) is 14.9. The number of carbonyl (C=O) groups is 1. The van der Waals surface area contributed by atoms with Crippen LogP contribution in [0.5, 0.6) is 0 Å². The van der Waals surface area contributed by atoms with Crippen molar-refractivity contribution in [3.63, 3.8) is 0 Å². The summed E-state index contributed by atoms with van der Waals surface area (Å²) in [6, 6.07) is 22.4. The van der Waals surface area contributed by atoms with Gasteiger partial charge in [-0.2, -0.15) is 0 Å². The molecule has 1 fully saturated rings. The Morgan fingerprint density at radius 2 is 1.88 bits per heavy atom. The van der Waals surface area contributed by atoms with Crippen molar-refractivity contribution < 1.29 is 4.79 Å². The van der Waals surface area contributed by atoms with Crippen LogP contribution in [-0.4, -0.2) is 39.9 Å². The van der Waals surface area contributed by atoms with Gasteiger partial charge >= 0.3 is 0 Å². The van der Waals surface area contributed by atoms with Crippen LogP contribution in [0.3, 0.4) is 0 Å². The average Bonchev–Trinajstić information content (AvgIpc) is 2.85. The minimum Gasteiger partial charge on any atom is -0.349 e. The molecule has 0 aliphatic carbocycles. The molecule has 33 heavy (non-hydrogen) atoms. The number of pyridine rings is 2. The maximum Gasteiger partial charge on any atom is 0.252 e. The first-order chi connectivity index (χ1) is 16.2. The molecule has 5 rings (SSSR count). The second-order valence-electron chi connectivity index (χ2n) is 8.83. The topological polar surface area (TPSA) is 58.1 Å². The number of para-hydroxylation sites is 1. The summed E-state index contributed by atoms with van der Waals surface area (Å²) >= 11 is 0. The maximum atomic E-state index is 13.4. The number of piperidine rings is 1. The summed E-state index contributed by atoms with van der Waals surface area (Å²) < 4.78 is 0. The second-order valence-corrected chi connectivity index (χ2v) is 8.83. The van der Waals surface area contributed by atoms with Crippen molar-refractivity contribution in [3.8, 4) is 11.3 Å². The Morgan fingerprint density at radius 1 is 1.03 bits per heavy atom. The molecule has 1 amide bonds. The highest BCUT2D eigenvalue weighted by Gasteiger charge is 2.22. The van der Waals surface area contributed by atoms with E-state index in [1.165, 1.54) is 11.1 Å². The van der Waals surface area contributed by atoms with Gasteiger partial charge in [0.1, 0.15) is 0 Å². The molecule has 3 heterocycles. The maximum absolute atomic E-state index is 13.4. The van der Waals surface area contributed by atoms with E-state index in [1.807, 2.05) is 42.5 Å². The third-order valence-corrected chi connectivity index (χ3v) is 6.33. The van der Waals surface area contributed by atoms with Gasteiger partial charge in [0.25, 0.3) is 5.91 Å². The lowest BCUT2D eigenvalue weighted by molar-refractivity contribution is 0.0910. The van der Waals surface area contributed by atoms with Crippen molar-refractivity contribution in [2.45, 2.75) is 32.4 Å². The largest absolute Gasteiger partial charge is 0.349 e. The van der Waals surface area contributed by atoms with Gasteiger partial charge in [0.15, 0.2) is 0 Å². The number of fused-ring (bicyclic) bond motifs is 1. The van der Waals surface area contributed by atoms with E-state index in [9.17, 15) is 4.79 Å². The predicted molar refractivity (Wildman–Crippen MR) is 132 cm³/mol. The number of aryl methyl sites for hydroxylation is 1. The van der Waals surface area contributed by atoms with Crippen LogP contribution >= 0.6 is 0 Å². The van der Waals surface area contributed by atoms with Crippen molar-refractivity contribution in [1.29, 1.82) is 0 Å². The fourth-order valence-corrected chi connectivity index (χ4v) is 4.59. The molecule has 1 aliphatic rings. The van der Waals surface area contributed by atoms with Crippen molar-refractivity contribution in [2.75, 3.05) is 13.1 Å². The Bertz CT molecular complexity index is 1260. The van der Waals surface area contributed by atoms with Crippen LogP contribution < -0.4 is 5.32 Å². The van der Waals surface area contributed by atoms with Gasteiger partial charge in [0, 0.05) is 49.0 Å². The van der Waals surface area contributed by atoms with Gasteiger partial charge in [-0.3, -0.25) is 14.7 Å². The van der Waals surface area contributed by atoms with Crippen LogP contribution in [0.1, 0.15) is 34.3 Å². The number of rotatable bonds is 5. The molecule has 5 nitrogen and oxygen atoms in total. The Hall–Kier alpha value is -3.57. The number of benzene rings is 2. The highest BCUT2D eigenvalue weighted by molar-refractivity contribution is 6.07. The summed E-state index contributed by atoms with van der Waals surface area (Å²) in [5.74, 6) is -0.0316. The summed E-state index contributed by atoms with van der Waals surface area (Å²) in [5, 5.41) is 4.17. The number of nitrogens with zero attached hydrogens (tertiary/aromatic N) is 3. The Balaban J connectivity index is 1.30. The summed E-state index contributed by atoms with van der Waals surface area (Å²) in [6.07, 6.45) is 5.43. The smallest absolute Gasteiger partial charge is 0.252 e. The molecule has 1 aliphatic heterocycles. The van der Waals surface area contributed by atoms with Gasteiger partial charge in [-0.25, -0.2) is 4.98 Å². The molecule has 1 saturated heterocycles. The van der Waals surface area contributed by atoms with Crippen LogP contribution in [0.4, 0.5) is 0 Å². The quantitative estimate of drug-likeness (QED) is 0.478. The SMILES string of the molecule is Cc1cccc(CN2CCC(NC(=O)c3cc(-c4cccnc4)nc4ccccc34)CC2)c1. The zero-order valence-corrected chi connectivity index (χ0v) is 18.9. The highest BCUT2D eigenvalue weighted by Crippen LogP contribution is 2.25. The van der Waals surface area contributed by atoms with Crippen LogP contribution in [0, 0.1) is 6.92 Å². The predicted octanol–water partition coefficient (Wildman–Crippen LogP) is 5.00. The molecule has 4 aromatic rings. The average molecular weight is 437 g/mol.